The molecule has 86 valence electrons. The molecule has 0 heterocycles. The Labute approximate surface area is 107 Å². The predicted molar refractivity (Wildman–Crippen MR) is 67.3 cm³/mol. The summed E-state index contributed by atoms with van der Waals surface area (Å²) in [6, 6.07) is 6.37. The third kappa shape index (κ3) is 3.80. The quantitative estimate of drug-likeness (QED) is 0.279. The summed E-state index contributed by atoms with van der Waals surface area (Å²) in [4.78, 5) is 22.3. The highest BCUT2D eigenvalue weighted by Crippen LogP contribution is 2.13. The number of hydrogen-bond acceptors (Lipinski definition) is 4. The van der Waals surface area contributed by atoms with Crippen molar-refractivity contribution in [2.24, 2.45) is 0 Å². The lowest BCUT2D eigenvalue weighted by Gasteiger charge is -2.04. The molecule has 0 radical (unpaired) electrons. The first kappa shape index (κ1) is 13.0. The van der Waals surface area contributed by atoms with Gasteiger partial charge in [0.1, 0.15) is 5.75 Å². The van der Waals surface area contributed by atoms with Gasteiger partial charge in [-0.05, 0) is 31.2 Å². The third-order valence-electron chi connectivity index (χ3n) is 1.76. The summed E-state index contributed by atoms with van der Waals surface area (Å²) in [6.45, 7) is 1.97. The van der Waals surface area contributed by atoms with Gasteiger partial charge in [-0.3, -0.25) is 4.79 Å². The van der Waals surface area contributed by atoms with Crippen LogP contribution >= 0.6 is 22.6 Å². The fraction of sp³-hybridized carbons (Fsp3) is 0.273. The average molecular weight is 334 g/mol. The van der Waals surface area contributed by atoms with E-state index in [0.29, 0.717) is 15.7 Å². The molecule has 0 N–H and O–H groups in total. The Balaban J connectivity index is 2.64. The number of carbonyl (C=O) groups excluding carboxylic acids is 2. The third-order valence-corrected chi connectivity index (χ3v) is 2.45. The molecule has 0 spiro atoms. The lowest BCUT2D eigenvalue weighted by Crippen LogP contribution is -2.10. The van der Waals surface area contributed by atoms with E-state index in [1.807, 2.05) is 22.6 Å². The van der Waals surface area contributed by atoms with Crippen molar-refractivity contribution >= 4 is 34.5 Å². The molecule has 5 heteroatoms. The van der Waals surface area contributed by atoms with E-state index in [1.165, 1.54) is 0 Å². The Bertz CT molecular complexity index is 372. The second-order valence-corrected chi connectivity index (χ2v) is 3.63. The molecule has 0 aromatic heterocycles. The molecule has 4 nitrogen and oxygen atoms in total. The SMILES string of the molecule is CCOC(=O)Oc1ccc(C(=O)CI)cc1. The monoisotopic (exact) mass is 334 g/mol. The number of halogens is 1. The molecule has 0 saturated heterocycles. The van der Waals surface area contributed by atoms with Crippen LogP contribution in [-0.2, 0) is 4.74 Å². The minimum absolute atomic E-state index is 0.0447. The van der Waals surface area contributed by atoms with Crippen molar-refractivity contribution in [3.63, 3.8) is 0 Å². The highest BCUT2D eigenvalue weighted by atomic mass is 127. The maximum atomic E-state index is 11.3. The van der Waals surface area contributed by atoms with Crippen molar-refractivity contribution < 1.29 is 19.1 Å². The summed E-state index contributed by atoms with van der Waals surface area (Å²) in [6.07, 6.45) is -0.740. The number of rotatable bonds is 4. The molecular formula is C11H11IO4. The van der Waals surface area contributed by atoms with Crippen LogP contribution in [0.5, 0.6) is 5.75 Å². The molecule has 16 heavy (non-hydrogen) atoms. The lowest BCUT2D eigenvalue weighted by molar-refractivity contribution is 0.102. The van der Waals surface area contributed by atoms with E-state index in [2.05, 4.69) is 4.74 Å². The zero-order chi connectivity index (χ0) is 12.0. The topological polar surface area (TPSA) is 52.6 Å². The van der Waals surface area contributed by atoms with Crippen LogP contribution < -0.4 is 4.74 Å². The number of alkyl halides is 1. The van der Waals surface area contributed by atoms with Crippen LogP contribution in [0, 0.1) is 0 Å². The molecule has 0 aliphatic heterocycles. The molecule has 1 rings (SSSR count). The first-order valence-electron chi connectivity index (χ1n) is 4.71. The smallest absolute Gasteiger partial charge is 0.434 e. The number of benzene rings is 1. The van der Waals surface area contributed by atoms with Gasteiger partial charge in [-0.25, -0.2) is 4.79 Å². The van der Waals surface area contributed by atoms with E-state index < -0.39 is 6.16 Å². The zero-order valence-corrected chi connectivity index (χ0v) is 10.9. The summed E-state index contributed by atoms with van der Waals surface area (Å²) >= 11 is 2.00. The normalized spacial score (nSPS) is 9.62. The summed E-state index contributed by atoms with van der Waals surface area (Å²) in [5, 5.41) is 0. The van der Waals surface area contributed by atoms with E-state index in [4.69, 9.17) is 4.74 Å². The van der Waals surface area contributed by atoms with Crippen LogP contribution in [0.15, 0.2) is 24.3 Å². The van der Waals surface area contributed by atoms with Crippen molar-refractivity contribution in [1.82, 2.24) is 0 Å². The van der Waals surface area contributed by atoms with Gasteiger partial charge in [-0.15, -0.1) is 0 Å². The molecule has 0 fully saturated rings. The van der Waals surface area contributed by atoms with Crippen LogP contribution in [0.1, 0.15) is 17.3 Å². The van der Waals surface area contributed by atoms with E-state index in [9.17, 15) is 9.59 Å². The first-order chi connectivity index (χ1) is 7.67. The van der Waals surface area contributed by atoms with E-state index in [1.54, 1.807) is 31.2 Å². The zero-order valence-electron chi connectivity index (χ0n) is 8.73. The van der Waals surface area contributed by atoms with E-state index in [-0.39, 0.29) is 12.4 Å². The van der Waals surface area contributed by atoms with Gasteiger partial charge >= 0.3 is 6.16 Å². The molecule has 0 aliphatic rings. The Kier molecular flexibility index (Phi) is 5.24. The van der Waals surface area contributed by atoms with Crippen molar-refractivity contribution in [1.29, 1.82) is 0 Å². The molecule has 0 aliphatic carbocycles. The fourth-order valence-corrected chi connectivity index (χ4v) is 1.47. The molecule has 1 aromatic carbocycles. The maximum Gasteiger partial charge on any atom is 0.513 e. The van der Waals surface area contributed by atoms with Gasteiger partial charge in [0.05, 0.1) is 11.0 Å². The van der Waals surface area contributed by atoms with Gasteiger partial charge in [-0.1, -0.05) is 22.6 Å². The summed E-state index contributed by atoms with van der Waals surface area (Å²) in [5.74, 6) is 0.409. The van der Waals surface area contributed by atoms with Crippen LogP contribution in [0.25, 0.3) is 0 Å². The molecule has 0 bridgehead atoms. The van der Waals surface area contributed by atoms with E-state index in [0.717, 1.165) is 0 Å². The fourth-order valence-electron chi connectivity index (χ4n) is 1.03. The van der Waals surface area contributed by atoms with Gasteiger partial charge in [0.2, 0.25) is 0 Å². The van der Waals surface area contributed by atoms with Gasteiger partial charge in [0.15, 0.2) is 5.78 Å². The summed E-state index contributed by atoms with van der Waals surface area (Å²) in [5.41, 5.74) is 0.602. The summed E-state index contributed by atoms with van der Waals surface area (Å²) < 4.78 is 9.89. The number of carbonyl (C=O) groups is 2. The predicted octanol–water partition coefficient (Wildman–Crippen LogP) is 2.84. The highest BCUT2D eigenvalue weighted by molar-refractivity contribution is 14.1. The van der Waals surface area contributed by atoms with Gasteiger partial charge in [0.25, 0.3) is 0 Å². The lowest BCUT2D eigenvalue weighted by atomic mass is 10.1. The minimum atomic E-state index is -0.740. The molecule has 0 unspecified atom stereocenters. The first-order valence-corrected chi connectivity index (χ1v) is 6.23. The Morgan fingerprint density at radius 1 is 1.25 bits per heavy atom. The second-order valence-electron chi connectivity index (χ2n) is 2.87. The largest absolute Gasteiger partial charge is 0.513 e. The summed E-state index contributed by atoms with van der Waals surface area (Å²) in [7, 11) is 0. The van der Waals surface area contributed by atoms with Crippen LogP contribution in [0.3, 0.4) is 0 Å². The number of ether oxygens (including phenoxy) is 2. The Hall–Kier alpha value is -1.11. The molecule has 0 atom stereocenters. The number of ketones is 1. The minimum Gasteiger partial charge on any atom is -0.434 e. The molecule has 0 amide bonds. The Morgan fingerprint density at radius 3 is 2.38 bits per heavy atom. The standard InChI is InChI=1S/C11H11IO4/c1-2-15-11(14)16-9-5-3-8(4-6-9)10(13)7-12/h3-6H,2,7H2,1H3. The van der Waals surface area contributed by atoms with E-state index >= 15 is 0 Å². The number of hydrogen-bond donors (Lipinski definition) is 0. The Morgan fingerprint density at radius 2 is 1.88 bits per heavy atom. The van der Waals surface area contributed by atoms with Gasteiger partial charge < -0.3 is 9.47 Å². The van der Waals surface area contributed by atoms with Crippen LogP contribution in [0.4, 0.5) is 4.79 Å². The number of Topliss-reactive ketones (excluding diaryl/α,β-unsaturated/α-hetero) is 1. The molecule has 1 aromatic rings. The highest BCUT2D eigenvalue weighted by Gasteiger charge is 2.06. The van der Waals surface area contributed by atoms with Crippen LogP contribution in [-0.4, -0.2) is 23.0 Å². The average Bonchev–Trinajstić information content (AvgIpc) is 2.29. The van der Waals surface area contributed by atoms with Gasteiger partial charge in [-0.2, -0.15) is 0 Å². The molecule has 0 saturated carbocycles. The van der Waals surface area contributed by atoms with Crippen molar-refractivity contribution in [3.05, 3.63) is 29.8 Å². The molecular weight excluding hydrogens is 323 g/mol. The van der Waals surface area contributed by atoms with Gasteiger partial charge in [0, 0.05) is 5.56 Å². The van der Waals surface area contributed by atoms with Crippen molar-refractivity contribution in [2.45, 2.75) is 6.92 Å². The van der Waals surface area contributed by atoms with Crippen molar-refractivity contribution in [2.75, 3.05) is 11.0 Å². The van der Waals surface area contributed by atoms with Crippen molar-refractivity contribution in [3.8, 4) is 5.75 Å². The second kappa shape index (κ2) is 6.47. The maximum absolute atomic E-state index is 11.3. The van der Waals surface area contributed by atoms with Crippen LogP contribution in [0.2, 0.25) is 0 Å².